The first-order valence-corrected chi connectivity index (χ1v) is 4.48. The fourth-order valence-electron chi connectivity index (χ4n) is 1.20. The number of nitrogens with one attached hydrogen (secondary N) is 2. The monoisotopic (exact) mass is 220 g/mol. The lowest BCUT2D eigenvalue weighted by atomic mass is 10.2. The van der Waals surface area contributed by atoms with Crippen LogP contribution in [0.25, 0.3) is 11.0 Å². The van der Waals surface area contributed by atoms with Crippen LogP contribution in [0.3, 0.4) is 0 Å². The number of hydrogen-bond acceptors (Lipinski definition) is 3. The number of pyridine rings is 1. The lowest BCUT2D eigenvalue weighted by molar-refractivity contribution is -0.134. The summed E-state index contributed by atoms with van der Waals surface area (Å²) in [6.07, 6.45) is 3.42. The maximum absolute atomic E-state index is 9.00. The van der Waals surface area contributed by atoms with Crippen LogP contribution in [-0.2, 0) is 4.79 Å². The van der Waals surface area contributed by atoms with Gasteiger partial charge in [0.25, 0.3) is 5.97 Å². The average molecular weight is 220 g/mol. The number of nitrogens with zero attached hydrogens (tertiary/aromatic N) is 1. The third kappa shape index (κ3) is 2.81. The number of fused-ring (bicyclic) bond motifs is 1. The number of aromatic nitrogens is 2. The number of H-pyrrole nitrogens is 1. The molecule has 0 amide bonds. The van der Waals surface area contributed by atoms with Gasteiger partial charge in [-0.1, -0.05) is 0 Å². The predicted octanol–water partition coefficient (Wildman–Crippen LogP) is 0.938. The van der Waals surface area contributed by atoms with E-state index in [9.17, 15) is 0 Å². The number of carboxylic acids is 1. The topological polar surface area (TPSA) is 116 Å². The number of nitrogen functional groups attached to an aromatic ring is 1. The molecule has 0 aliphatic heterocycles. The van der Waals surface area contributed by atoms with Crippen molar-refractivity contribution in [1.82, 2.24) is 9.97 Å². The molecule has 2 rings (SSSR count). The van der Waals surface area contributed by atoms with E-state index in [1.807, 2.05) is 6.07 Å². The zero-order chi connectivity index (χ0) is 12.1. The van der Waals surface area contributed by atoms with Gasteiger partial charge in [0, 0.05) is 30.3 Å². The van der Waals surface area contributed by atoms with Crippen molar-refractivity contribution < 1.29 is 9.90 Å². The molecule has 5 N–H and O–H groups in total. The molecule has 84 valence electrons. The Morgan fingerprint density at radius 3 is 2.75 bits per heavy atom. The molecule has 0 bridgehead atoms. The zero-order valence-electron chi connectivity index (χ0n) is 8.69. The first-order valence-electron chi connectivity index (χ1n) is 4.48. The molecule has 0 radical (unpaired) electrons. The van der Waals surface area contributed by atoms with Gasteiger partial charge in [-0.25, -0.2) is 4.98 Å². The van der Waals surface area contributed by atoms with Crippen LogP contribution in [0.15, 0.2) is 24.5 Å². The van der Waals surface area contributed by atoms with Gasteiger partial charge in [0.2, 0.25) is 0 Å². The summed E-state index contributed by atoms with van der Waals surface area (Å²) >= 11 is 0. The van der Waals surface area contributed by atoms with E-state index in [1.165, 1.54) is 0 Å². The van der Waals surface area contributed by atoms with Crippen molar-refractivity contribution in [1.29, 1.82) is 5.41 Å². The number of rotatable bonds is 1. The summed E-state index contributed by atoms with van der Waals surface area (Å²) in [5, 5.41) is 15.6. The second-order valence-corrected chi connectivity index (χ2v) is 3.03. The molecule has 0 spiro atoms. The molecule has 0 aliphatic carbocycles. The van der Waals surface area contributed by atoms with Crippen LogP contribution < -0.4 is 5.73 Å². The van der Waals surface area contributed by atoms with E-state index in [-0.39, 0.29) is 5.84 Å². The van der Waals surface area contributed by atoms with E-state index >= 15 is 0 Å². The predicted molar refractivity (Wildman–Crippen MR) is 60.4 cm³/mol. The molecule has 2 aromatic rings. The summed E-state index contributed by atoms with van der Waals surface area (Å²) in [4.78, 5) is 16.0. The minimum absolute atomic E-state index is 0.0713. The molecule has 2 aromatic heterocycles. The lowest BCUT2D eigenvalue weighted by Crippen LogP contribution is -2.11. The first-order chi connectivity index (χ1) is 7.52. The summed E-state index contributed by atoms with van der Waals surface area (Å²) in [6, 6.07) is 3.59. The summed E-state index contributed by atoms with van der Waals surface area (Å²) in [6.45, 7) is 1.08. The summed E-state index contributed by atoms with van der Waals surface area (Å²) < 4.78 is 0. The Balaban J connectivity index is 0.000000280. The molecule has 2 heterocycles. The zero-order valence-corrected chi connectivity index (χ0v) is 8.69. The average Bonchev–Trinajstić information content (AvgIpc) is 2.63. The number of carbonyl (C=O) groups is 1. The van der Waals surface area contributed by atoms with Crippen LogP contribution in [0.1, 0.15) is 12.5 Å². The molecule has 0 fully saturated rings. The standard InChI is InChI=1S/C8H8N4.C2H4O2/c9-7(10)5-1-3-11-8-6(5)2-4-12-8;1-2(3)4/h1-4H,(H3,9,10)(H,11,12);1H3,(H,3,4). The molecule has 0 saturated carbocycles. The van der Waals surface area contributed by atoms with E-state index < -0.39 is 5.97 Å². The maximum atomic E-state index is 9.00. The van der Waals surface area contributed by atoms with Crippen molar-refractivity contribution in [2.24, 2.45) is 5.73 Å². The quantitative estimate of drug-likeness (QED) is 0.422. The molecule has 0 aromatic carbocycles. The fraction of sp³-hybridized carbons (Fsp3) is 0.100. The highest BCUT2D eigenvalue weighted by Gasteiger charge is 2.03. The Morgan fingerprint density at radius 2 is 2.19 bits per heavy atom. The number of nitrogens with two attached hydrogens (primary N) is 1. The van der Waals surface area contributed by atoms with Gasteiger partial charge >= 0.3 is 0 Å². The van der Waals surface area contributed by atoms with Crippen molar-refractivity contribution in [3.8, 4) is 0 Å². The second kappa shape index (κ2) is 4.92. The third-order valence-electron chi connectivity index (χ3n) is 1.75. The summed E-state index contributed by atoms with van der Waals surface area (Å²) in [5.41, 5.74) is 6.87. The summed E-state index contributed by atoms with van der Waals surface area (Å²) in [5.74, 6) is -0.762. The SMILES string of the molecule is CC(=O)O.N=C(N)c1ccnc2[nH]ccc12. The van der Waals surface area contributed by atoms with Gasteiger partial charge in [0.05, 0.1) is 0 Å². The fourth-order valence-corrected chi connectivity index (χ4v) is 1.20. The van der Waals surface area contributed by atoms with Crippen molar-refractivity contribution in [3.63, 3.8) is 0 Å². The highest BCUT2D eigenvalue weighted by molar-refractivity contribution is 6.05. The molecular weight excluding hydrogens is 208 g/mol. The van der Waals surface area contributed by atoms with Crippen LogP contribution in [0.5, 0.6) is 0 Å². The number of aliphatic carboxylic acids is 1. The van der Waals surface area contributed by atoms with Crippen molar-refractivity contribution in [2.75, 3.05) is 0 Å². The number of hydrogen-bond donors (Lipinski definition) is 4. The van der Waals surface area contributed by atoms with E-state index in [1.54, 1.807) is 18.5 Å². The van der Waals surface area contributed by atoms with Gasteiger partial charge in [-0.05, 0) is 12.1 Å². The van der Waals surface area contributed by atoms with E-state index in [0.29, 0.717) is 0 Å². The Morgan fingerprint density at radius 1 is 1.56 bits per heavy atom. The molecular formula is C10H12N4O2. The Labute approximate surface area is 91.6 Å². The van der Waals surface area contributed by atoms with Gasteiger partial charge in [-0.15, -0.1) is 0 Å². The van der Waals surface area contributed by atoms with Crippen molar-refractivity contribution in [3.05, 3.63) is 30.1 Å². The Kier molecular flexibility index (Phi) is 3.60. The van der Waals surface area contributed by atoms with Gasteiger partial charge in [-0.2, -0.15) is 0 Å². The maximum Gasteiger partial charge on any atom is 0.300 e. The van der Waals surface area contributed by atoms with Crippen LogP contribution >= 0.6 is 0 Å². The van der Waals surface area contributed by atoms with Crippen LogP contribution in [-0.4, -0.2) is 26.9 Å². The van der Waals surface area contributed by atoms with Gasteiger partial charge in [0.15, 0.2) is 0 Å². The minimum atomic E-state index is -0.833. The molecule has 0 saturated heterocycles. The van der Waals surface area contributed by atoms with Crippen LogP contribution in [0.2, 0.25) is 0 Å². The van der Waals surface area contributed by atoms with Gasteiger partial charge in [-0.3, -0.25) is 10.2 Å². The molecule has 6 nitrogen and oxygen atoms in total. The van der Waals surface area contributed by atoms with Crippen molar-refractivity contribution in [2.45, 2.75) is 6.92 Å². The lowest BCUT2D eigenvalue weighted by Gasteiger charge is -1.97. The van der Waals surface area contributed by atoms with E-state index in [4.69, 9.17) is 21.0 Å². The second-order valence-electron chi connectivity index (χ2n) is 3.03. The largest absolute Gasteiger partial charge is 0.481 e. The first kappa shape index (κ1) is 11.7. The van der Waals surface area contributed by atoms with Gasteiger partial charge in [0.1, 0.15) is 11.5 Å². The summed E-state index contributed by atoms with van der Waals surface area (Å²) in [7, 11) is 0. The number of aromatic amines is 1. The third-order valence-corrected chi connectivity index (χ3v) is 1.75. The molecule has 0 atom stereocenters. The van der Waals surface area contributed by atoms with Crippen LogP contribution in [0.4, 0.5) is 0 Å². The normalized spacial score (nSPS) is 9.31. The van der Waals surface area contributed by atoms with Crippen molar-refractivity contribution >= 4 is 22.8 Å². The smallest absolute Gasteiger partial charge is 0.300 e. The molecule has 0 unspecified atom stereocenters. The molecule has 6 heteroatoms. The molecule has 0 aliphatic rings. The number of amidine groups is 1. The van der Waals surface area contributed by atoms with Gasteiger partial charge < -0.3 is 15.8 Å². The number of carboxylic acid groups (broad SMARTS) is 1. The Bertz CT molecular complexity index is 514. The Hall–Kier alpha value is -2.37. The highest BCUT2D eigenvalue weighted by atomic mass is 16.4. The minimum Gasteiger partial charge on any atom is -0.481 e. The van der Waals surface area contributed by atoms with Crippen LogP contribution in [0, 0.1) is 5.41 Å². The van der Waals surface area contributed by atoms with E-state index in [0.717, 1.165) is 23.5 Å². The molecule has 16 heavy (non-hydrogen) atoms. The van der Waals surface area contributed by atoms with E-state index in [2.05, 4.69) is 9.97 Å². The highest BCUT2D eigenvalue weighted by Crippen LogP contribution is 2.13.